The van der Waals surface area contributed by atoms with E-state index in [1.54, 1.807) is 44.4 Å². The molecule has 0 bridgehead atoms. The van der Waals surface area contributed by atoms with E-state index in [2.05, 4.69) is 31.2 Å². The summed E-state index contributed by atoms with van der Waals surface area (Å²) in [6, 6.07) is 10.8. The molecule has 1 aromatic heterocycles. The largest absolute Gasteiger partial charge is 0.439 e. The molecule has 0 aliphatic rings. The topological polar surface area (TPSA) is 100 Å². The zero-order valence-corrected chi connectivity index (χ0v) is 17.2. The molecule has 0 atom stereocenters. The Kier molecular flexibility index (Phi) is 7.11. The molecule has 0 saturated heterocycles. The Bertz CT molecular complexity index is 1070. The number of hydrogen-bond acceptors (Lipinski definition) is 6. The van der Waals surface area contributed by atoms with Crippen LogP contribution in [-0.4, -0.2) is 30.1 Å². The fourth-order valence-electron chi connectivity index (χ4n) is 2.79. The Hall–Kier alpha value is -3.86. The summed E-state index contributed by atoms with van der Waals surface area (Å²) >= 11 is 0. The summed E-state index contributed by atoms with van der Waals surface area (Å²) in [5.41, 5.74) is 0.0148. The zero-order chi connectivity index (χ0) is 23.1. The van der Waals surface area contributed by atoms with E-state index in [0.29, 0.717) is 28.7 Å². The van der Waals surface area contributed by atoms with Gasteiger partial charge in [0.2, 0.25) is 5.88 Å². The highest BCUT2D eigenvalue weighted by atomic mass is 19.4. The zero-order valence-electron chi connectivity index (χ0n) is 17.2. The van der Waals surface area contributed by atoms with Crippen LogP contribution in [0.2, 0.25) is 0 Å². The number of rotatable bonds is 7. The molecule has 168 valence electrons. The number of carbonyl (C=O) groups excluding carboxylic acids is 1. The van der Waals surface area contributed by atoms with Gasteiger partial charge in [0.05, 0.1) is 5.56 Å². The van der Waals surface area contributed by atoms with E-state index in [0.717, 1.165) is 12.1 Å². The molecule has 32 heavy (non-hydrogen) atoms. The minimum atomic E-state index is -4.52. The first-order valence-electron chi connectivity index (χ1n) is 9.48. The molecule has 0 spiro atoms. The van der Waals surface area contributed by atoms with Crippen molar-refractivity contribution in [3.8, 4) is 11.6 Å². The van der Waals surface area contributed by atoms with Crippen LogP contribution < -0.4 is 26.0 Å². The maximum atomic E-state index is 13.1. The summed E-state index contributed by atoms with van der Waals surface area (Å²) < 4.78 is 45.0. The average molecular weight is 446 g/mol. The molecule has 3 rings (SSSR count). The molecule has 4 N–H and O–H groups in total. The lowest BCUT2D eigenvalue weighted by Crippen LogP contribution is -2.20. The van der Waals surface area contributed by atoms with Crippen LogP contribution >= 0.6 is 0 Å². The van der Waals surface area contributed by atoms with Gasteiger partial charge in [0, 0.05) is 31.0 Å². The molecule has 1 heterocycles. The highest BCUT2D eigenvalue weighted by Gasteiger charge is 2.31. The minimum Gasteiger partial charge on any atom is -0.439 e. The Morgan fingerprint density at radius 3 is 2.34 bits per heavy atom. The van der Waals surface area contributed by atoms with Gasteiger partial charge in [-0.2, -0.15) is 13.2 Å². The van der Waals surface area contributed by atoms with Crippen LogP contribution in [0, 0.1) is 0 Å². The molecule has 0 radical (unpaired) electrons. The number of carbonyl (C=O) groups is 1. The maximum Gasteiger partial charge on any atom is 0.416 e. The fraction of sp³-hybridized carbons (Fsp3) is 0.190. The Balaban J connectivity index is 1.65. The Labute approximate surface area is 182 Å². The van der Waals surface area contributed by atoms with Crippen LogP contribution in [0.5, 0.6) is 11.6 Å². The number of nitrogens with zero attached hydrogens (tertiary/aromatic N) is 2. The normalized spacial score (nSPS) is 11.0. The van der Waals surface area contributed by atoms with Gasteiger partial charge < -0.3 is 26.0 Å². The highest BCUT2D eigenvalue weighted by molar-refractivity contribution is 5.99. The second-order valence-electron chi connectivity index (χ2n) is 6.64. The fourth-order valence-corrected chi connectivity index (χ4v) is 2.79. The Morgan fingerprint density at radius 2 is 1.69 bits per heavy atom. The van der Waals surface area contributed by atoms with Gasteiger partial charge >= 0.3 is 12.2 Å². The van der Waals surface area contributed by atoms with Crippen molar-refractivity contribution >= 4 is 23.2 Å². The van der Waals surface area contributed by atoms with Gasteiger partial charge in [0.25, 0.3) is 0 Å². The van der Waals surface area contributed by atoms with Crippen LogP contribution in [-0.2, 0) is 12.7 Å². The van der Waals surface area contributed by atoms with Crippen molar-refractivity contribution < 1.29 is 22.7 Å². The van der Waals surface area contributed by atoms with Crippen molar-refractivity contribution in [2.75, 3.05) is 30.0 Å². The van der Waals surface area contributed by atoms with Crippen molar-refractivity contribution in [2.45, 2.75) is 12.7 Å². The van der Waals surface area contributed by atoms with Gasteiger partial charge in [0.15, 0.2) is 0 Å². The quantitative estimate of drug-likeness (QED) is 0.420. The number of aromatic nitrogens is 2. The van der Waals surface area contributed by atoms with E-state index >= 15 is 0 Å². The van der Waals surface area contributed by atoms with Crippen molar-refractivity contribution in [3.63, 3.8) is 0 Å². The number of hydrogen-bond donors (Lipinski definition) is 4. The molecule has 0 aliphatic carbocycles. The molecule has 0 fully saturated rings. The highest BCUT2D eigenvalue weighted by Crippen LogP contribution is 2.32. The second kappa shape index (κ2) is 9.96. The molecule has 3 aromatic rings. The lowest BCUT2D eigenvalue weighted by molar-refractivity contribution is -0.137. The number of benzene rings is 2. The van der Waals surface area contributed by atoms with Gasteiger partial charge in [-0.3, -0.25) is 0 Å². The molecule has 2 amide bonds. The summed E-state index contributed by atoms with van der Waals surface area (Å²) in [6.07, 6.45) is -3.17. The molecular weight excluding hydrogens is 425 g/mol. The second-order valence-corrected chi connectivity index (χ2v) is 6.64. The maximum absolute atomic E-state index is 13.1. The van der Waals surface area contributed by atoms with Gasteiger partial charge in [-0.25, -0.2) is 14.8 Å². The van der Waals surface area contributed by atoms with Crippen LogP contribution in [0.4, 0.5) is 35.2 Å². The van der Waals surface area contributed by atoms with Crippen LogP contribution in [0.3, 0.4) is 0 Å². The number of anilines is 3. The lowest BCUT2D eigenvalue weighted by atomic mass is 10.1. The molecule has 0 aliphatic heterocycles. The van der Waals surface area contributed by atoms with E-state index in [4.69, 9.17) is 4.74 Å². The molecule has 0 saturated carbocycles. The summed E-state index contributed by atoms with van der Waals surface area (Å²) in [6.45, 7) is 0.226. The van der Waals surface area contributed by atoms with Crippen LogP contribution in [0.1, 0.15) is 11.1 Å². The predicted molar refractivity (Wildman–Crippen MR) is 115 cm³/mol. The monoisotopic (exact) mass is 446 g/mol. The van der Waals surface area contributed by atoms with Gasteiger partial charge in [0.1, 0.15) is 17.9 Å². The summed E-state index contributed by atoms with van der Waals surface area (Å²) in [4.78, 5) is 20.3. The van der Waals surface area contributed by atoms with Crippen LogP contribution in [0.15, 0.2) is 54.9 Å². The van der Waals surface area contributed by atoms with E-state index in [1.165, 1.54) is 12.4 Å². The summed E-state index contributed by atoms with van der Waals surface area (Å²) in [5, 5.41) is 10.7. The summed E-state index contributed by atoms with van der Waals surface area (Å²) in [7, 11) is 3.34. The number of halogens is 3. The predicted octanol–water partition coefficient (Wildman–Crippen LogP) is 4.69. The number of nitrogens with one attached hydrogen (secondary N) is 4. The third kappa shape index (κ3) is 6.32. The molecule has 2 aromatic carbocycles. The third-order valence-corrected chi connectivity index (χ3v) is 4.19. The Morgan fingerprint density at radius 1 is 0.969 bits per heavy atom. The van der Waals surface area contributed by atoms with E-state index in [-0.39, 0.29) is 12.2 Å². The van der Waals surface area contributed by atoms with Gasteiger partial charge in [-0.1, -0.05) is 0 Å². The minimum absolute atomic E-state index is 0.0339. The molecular formula is C21H21F3N6O2. The first-order chi connectivity index (χ1) is 15.3. The van der Waals surface area contributed by atoms with E-state index < -0.39 is 17.8 Å². The van der Waals surface area contributed by atoms with Gasteiger partial charge in [-0.05, 0) is 55.1 Å². The molecule has 11 heteroatoms. The first kappa shape index (κ1) is 22.8. The van der Waals surface area contributed by atoms with Crippen LogP contribution in [0.25, 0.3) is 0 Å². The smallest absolute Gasteiger partial charge is 0.416 e. The summed E-state index contributed by atoms with van der Waals surface area (Å²) in [5.74, 6) is 1.41. The SMILES string of the molecule is CNCc1cc(NC(=O)Nc2ccc(Oc3cc(NC)ncn3)cc2)cc(C(F)(F)F)c1. The number of urea groups is 1. The van der Waals surface area contributed by atoms with Crippen molar-refractivity contribution in [3.05, 3.63) is 66.0 Å². The van der Waals surface area contributed by atoms with E-state index in [9.17, 15) is 18.0 Å². The number of ether oxygens (including phenoxy) is 1. The number of amides is 2. The third-order valence-electron chi connectivity index (χ3n) is 4.19. The van der Waals surface area contributed by atoms with Gasteiger partial charge in [-0.15, -0.1) is 0 Å². The average Bonchev–Trinajstić information content (AvgIpc) is 2.75. The molecule has 0 unspecified atom stereocenters. The first-order valence-corrected chi connectivity index (χ1v) is 9.48. The molecule has 8 nitrogen and oxygen atoms in total. The van der Waals surface area contributed by atoms with E-state index in [1.807, 2.05) is 0 Å². The van der Waals surface area contributed by atoms with Crippen molar-refractivity contribution in [1.29, 1.82) is 0 Å². The standard InChI is InChI=1S/C21H21F3N6O2/c1-25-11-13-7-14(21(22,23)24)9-16(8-13)30-20(31)29-15-3-5-17(6-4-15)32-19-10-18(26-2)27-12-28-19/h3-10,12,25H,11H2,1-2H3,(H,26,27,28)(H2,29,30,31). The van der Waals surface area contributed by atoms with Crippen molar-refractivity contribution in [1.82, 2.24) is 15.3 Å². The van der Waals surface area contributed by atoms with Crippen molar-refractivity contribution in [2.24, 2.45) is 0 Å². The lowest BCUT2D eigenvalue weighted by Gasteiger charge is -2.14. The number of alkyl halides is 3.